The molecule has 0 saturated heterocycles. The summed E-state index contributed by atoms with van der Waals surface area (Å²) >= 11 is 8.76. The van der Waals surface area contributed by atoms with Gasteiger partial charge < -0.3 is 4.57 Å². The van der Waals surface area contributed by atoms with Gasteiger partial charge in [0.1, 0.15) is 5.82 Å². The number of nitrogens with zero attached hydrogens (tertiary/aromatic N) is 2. The number of hydrogen-bond acceptors (Lipinski definition) is 4. The number of imidazole rings is 1. The standard InChI is InChI=1S/C13H9ClN2OS2/c14-12-4-3-10(19-12)9(17)8-16-6-5-15-13(16)11-2-1-7-18-11/h1-7H,8H2. The molecule has 0 aromatic carbocycles. The second-order valence-electron chi connectivity index (χ2n) is 3.88. The van der Waals surface area contributed by atoms with E-state index in [1.54, 1.807) is 29.7 Å². The van der Waals surface area contributed by atoms with Crippen LogP contribution < -0.4 is 0 Å². The average Bonchev–Trinajstić information content (AvgIpc) is 3.07. The predicted octanol–water partition coefficient (Wildman–Crippen LogP) is 4.21. The van der Waals surface area contributed by atoms with E-state index >= 15 is 0 Å². The molecule has 3 aromatic rings. The maximum Gasteiger partial charge on any atom is 0.192 e. The lowest BCUT2D eigenvalue weighted by molar-refractivity contribution is 0.0976. The quantitative estimate of drug-likeness (QED) is 0.677. The Labute approximate surface area is 123 Å². The van der Waals surface area contributed by atoms with Crippen molar-refractivity contribution in [1.82, 2.24) is 9.55 Å². The molecule has 3 nitrogen and oxygen atoms in total. The number of thiophene rings is 2. The van der Waals surface area contributed by atoms with Crippen LogP contribution in [0.4, 0.5) is 0 Å². The van der Waals surface area contributed by atoms with E-state index in [0.29, 0.717) is 9.21 Å². The molecule has 0 aliphatic carbocycles. The smallest absolute Gasteiger partial charge is 0.192 e. The highest BCUT2D eigenvalue weighted by atomic mass is 35.5. The number of aromatic nitrogens is 2. The van der Waals surface area contributed by atoms with Crippen molar-refractivity contribution in [2.24, 2.45) is 0 Å². The van der Waals surface area contributed by atoms with Crippen LogP contribution in [0.15, 0.2) is 42.0 Å². The molecule has 0 amide bonds. The van der Waals surface area contributed by atoms with Crippen molar-refractivity contribution >= 4 is 40.1 Å². The Bertz CT molecular complexity index is 700. The molecule has 0 aliphatic rings. The third-order valence-corrected chi connectivity index (χ3v) is 4.76. The molecule has 0 N–H and O–H groups in total. The topological polar surface area (TPSA) is 34.9 Å². The zero-order chi connectivity index (χ0) is 13.2. The van der Waals surface area contributed by atoms with Crippen molar-refractivity contribution in [3.8, 4) is 10.7 Å². The van der Waals surface area contributed by atoms with Crippen LogP contribution in [-0.4, -0.2) is 15.3 Å². The van der Waals surface area contributed by atoms with Crippen molar-refractivity contribution in [3.63, 3.8) is 0 Å². The van der Waals surface area contributed by atoms with Gasteiger partial charge in [0, 0.05) is 12.4 Å². The maximum absolute atomic E-state index is 12.2. The first-order valence-electron chi connectivity index (χ1n) is 5.57. The molecular formula is C13H9ClN2OS2. The van der Waals surface area contributed by atoms with Gasteiger partial charge in [-0.15, -0.1) is 22.7 Å². The molecule has 0 bridgehead atoms. The fourth-order valence-corrected chi connectivity index (χ4v) is 3.47. The van der Waals surface area contributed by atoms with Gasteiger partial charge in [0.05, 0.1) is 20.6 Å². The minimum atomic E-state index is 0.0488. The summed E-state index contributed by atoms with van der Waals surface area (Å²) in [4.78, 5) is 18.2. The van der Waals surface area contributed by atoms with E-state index in [1.807, 2.05) is 28.3 Å². The second-order valence-corrected chi connectivity index (χ2v) is 6.55. The molecular weight excluding hydrogens is 300 g/mol. The van der Waals surface area contributed by atoms with Crippen LogP contribution in [0.5, 0.6) is 0 Å². The maximum atomic E-state index is 12.2. The molecule has 0 radical (unpaired) electrons. The Morgan fingerprint density at radius 3 is 2.95 bits per heavy atom. The van der Waals surface area contributed by atoms with Gasteiger partial charge in [-0.1, -0.05) is 17.7 Å². The number of carbonyl (C=O) groups is 1. The van der Waals surface area contributed by atoms with Crippen LogP contribution in [0.2, 0.25) is 4.34 Å². The van der Waals surface area contributed by atoms with Crippen molar-refractivity contribution in [1.29, 1.82) is 0 Å². The third-order valence-electron chi connectivity index (χ3n) is 2.62. The van der Waals surface area contributed by atoms with Crippen molar-refractivity contribution in [2.45, 2.75) is 6.54 Å². The summed E-state index contributed by atoms with van der Waals surface area (Å²) in [5.41, 5.74) is 0. The van der Waals surface area contributed by atoms with E-state index in [0.717, 1.165) is 10.7 Å². The van der Waals surface area contributed by atoms with Crippen molar-refractivity contribution in [3.05, 3.63) is 51.3 Å². The highest BCUT2D eigenvalue weighted by Gasteiger charge is 2.13. The normalized spacial score (nSPS) is 10.8. The lowest BCUT2D eigenvalue weighted by Crippen LogP contribution is -2.09. The van der Waals surface area contributed by atoms with E-state index in [9.17, 15) is 4.79 Å². The first-order chi connectivity index (χ1) is 9.24. The van der Waals surface area contributed by atoms with Gasteiger partial charge in [-0.25, -0.2) is 4.98 Å². The first-order valence-corrected chi connectivity index (χ1v) is 7.65. The summed E-state index contributed by atoms with van der Waals surface area (Å²) in [7, 11) is 0. The van der Waals surface area contributed by atoms with Crippen LogP contribution in [0.1, 0.15) is 9.67 Å². The Morgan fingerprint density at radius 1 is 1.37 bits per heavy atom. The molecule has 6 heteroatoms. The van der Waals surface area contributed by atoms with Crippen LogP contribution in [0.25, 0.3) is 10.7 Å². The van der Waals surface area contributed by atoms with Gasteiger partial charge in [-0.3, -0.25) is 4.79 Å². The van der Waals surface area contributed by atoms with E-state index in [4.69, 9.17) is 11.6 Å². The molecule has 3 aromatic heterocycles. The number of halogens is 1. The predicted molar refractivity (Wildman–Crippen MR) is 79.2 cm³/mol. The van der Waals surface area contributed by atoms with Crippen LogP contribution in [0, 0.1) is 0 Å². The monoisotopic (exact) mass is 308 g/mol. The minimum absolute atomic E-state index is 0.0488. The largest absolute Gasteiger partial charge is 0.322 e. The van der Waals surface area contributed by atoms with Gasteiger partial charge >= 0.3 is 0 Å². The molecule has 0 unspecified atom stereocenters. The Kier molecular flexibility index (Phi) is 3.50. The second kappa shape index (κ2) is 5.28. The zero-order valence-electron chi connectivity index (χ0n) is 9.75. The summed E-state index contributed by atoms with van der Waals surface area (Å²) in [6.07, 6.45) is 3.53. The van der Waals surface area contributed by atoms with Gasteiger partial charge in [0.25, 0.3) is 0 Å². The summed E-state index contributed by atoms with van der Waals surface area (Å²) < 4.78 is 2.49. The summed E-state index contributed by atoms with van der Waals surface area (Å²) in [5, 5.41) is 2.00. The molecule has 3 rings (SSSR count). The van der Waals surface area contributed by atoms with E-state index < -0.39 is 0 Å². The molecule has 0 atom stereocenters. The molecule has 0 saturated carbocycles. The molecule has 19 heavy (non-hydrogen) atoms. The first kappa shape index (κ1) is 12.6. The SMILES string of the molecule is O=C(Cn1ccnc1-c1cccs1)c1ccc(Cl)s1. The minimum Gasteiger partial charge on any atom is -0.322 e. The molecule has 3 heterocycles. The van der Waals surface area contributed by atoms with E-state index in [-0.39, 0.29) is 12.3 Å². The Hall–Kier alpha value is -1.43. The van der Waals surface area contributed by atoms with Crippen molar-refractivity contribution < 1.29 is 4.79 Å². The van der Waals surface area contributed by atoms with Gasteiger partial charge in [0.2, 0.25) is 0 Å². The Balaban J connectivity index is 1.85. The van der Waals surface area contributed by atoms with Crippen LogP contribution >= 0.6 is 34.3 Å². The van der Waals surface area contributed by atoms with Crippen LogP contribution in [-0.2, 0) is 6.54 Å². The highest BCUT2D eigenvalue weighted by molar-refractivity contribution is 7.18. The summed E-state index contributed by atoms with van der Waals surface area (Å²) in [6.45, 7) is 0.282. The number of hydrogen-bond donors (Lipinski definition) is 0. The van der Waals surface area contributed by atoms with E-state index in [1.165, 1.54) is 11.3 Å². The number of ketones is 1. The third kappa shape index (κ3) is 2.63. The van der Waals surface area contributed by atoms with Gasteiger partial charge in [0.15, 0.2) is 5.78 Å². The molecule has 0 aliphatic heterocycles. The number of carbonyl (C=O) groups excluding carboxylic acids is 1. The molecule has 96 valence electrons. The highest BCUT2D eigenvalue weighted by Crippen LogP contribution is 2.25. The summed E-state index contributed by atoms with van der Waals surface area (Å²) in [6, 6.07) is 7.47. The number of rotatable bonds is 4. The van der Waals surface area contributed by atoms with Gasteiger partial charge in [-0.2, -0.15) is 0 Å². The summed E-state index contributed by atoms with van der Waals surface area (Å²) in [5.74, 6) is 0.874. The number of Topliss-reactive ketones (excluding diaryl/α,β-unsaturated/α-hetero) is 1. The molecule has 0 fully saturated rings. The average molecular weight is 309 g/mol. The van der Waals surface area contributed by atoms with Crippen molar-refractivity contribution in [2.75, 3.05) is 0 Å². The molecule has 0 spiro atoms. The fourth-order valence-electron chi connectivity index (χ4n) is 1.76. The lowest BCUT2D eigenvalue weighted by Gasteiger charge is -2.04. The Morgan fingerprint density at radius 2 is 2.26 bits per heavy atom. The zero-order valence-corrected chi connectivity index (χ0v) is 12.1. The van der Waals surface area contributed by atoms with Crippen LogP contribution in [0.3, 0.4) is 0 Å². The fraction of sp³-hybridized carbons (Fsp3) is 0.0769. The van der Waals surface area contributed by atoms with E-state index in [2.05, 4.69) is 4.98 Å². The lowest BCUT2D eigenvalue weighted by atomic mass is 10.3. The van der Waals surface area contributed by atoms with Gasteiger partial charge in [-0.05, 0) is 23.6 Å².